The number of carbonyl (C=O) groups excluding carboxylic acids is 1. The van der Waals surface area contributed by atoms with E-state index in [1.54, 1.807) is 31.4 Å². The number of carbonyl (C=O) groups is 1. The maximum Gasteiger partial charge on any atom is 0.245 e. The lowest BCUT2D eigenvalue weighted by atomic mass is 10.1. The van der Waals surface area contributed by atoms with Crippen LogP contribution in [0.2, 0.25) is 0 Å². The SMILES string of the molecule is COc1cc2c(cc1C=CC=CC(=O)Cl)OCO2. The molecule has 0 amide bonds. The van der Waals surface area contributed by atoms with Crippen molar-refractivity contribution in [3.8, 4) is 17.2 Å². The average Bonchev–Trinajstić information content (AvgIpc) is 2.80. The van der Waals surface area contributed by atoms with Crippen molar-refractivity contribution in [1.82, 2.24) is 0 Å². The summed E-state index contributed by atoms with van der Waals surface area (Å²) >= 11 is 5.17. The van der Waals surface area contributed by atoms with Crippen molar-refractivity contribution in [2.24, 2.45) is 0 Å². The molecule has 0 bridgehead atoms. The fourth-order valence-electron chi connectivity index (χ4n) is 1.54. The Morgan fingerprint density at radius 3 is 2.72 bits per heavy atom. The number of hydrogen-bond donors (Lipinski definition) is 0. The van der Waals surface area contributed by atoms with Crippen LogP contribution >= 0.6 is 11.6 Å². The molecule has 0 fully saturated rings. The third-order valence-electron chi connectivity index (χ3n) is 2.34. The normalized spacial score (nSPS) is 13.4. The smallest absolute Gasteiger partial charge is 0.245 e. The minimum absolute atomic E-state index is 0.215. The van der Waals surface area contributed by atoms with Gasteiger partial charge in [-0.15, -0.1) is 0 Å². The molecule has 0 N–H and O–H groups in total. The molecule has 94 valence electrons. The third-order valence-corrected chi connectivity index (χ3v) is 2.47. The summed E-state index contributed by atoms with van der Waals surface area (Å²) in [5.41, 5.74) is 0.827. The van der Waals surface area contributed by atoms with E-state index in [9.17, 15) is 4.79 Å². The van der Waals surface area contributed by atoms with Gasteiger partial charge in [-0.25, -0.2) is 0 Å². The van der Waals surface area contributed by atoms with E-state index in [1.165, 1.54) is 6.08 Å². The lowest BCUT2D eigenvalue weighted by Crippen LogP contribution is -1.92. The van der Waals surface area contributed by atoms with Crippen molar-refractivity contribution < 1.29 is 19.0 Å². The molecule has 1 aliphatic heterocycles. The predicted molar refractivity (Wildman–Crippen MR) is 68.2 cm³/mol. The van der Waals surface area contributed by atoms with Gasteiger partial charge < -0.3 is 14.2 Å². The van der Waals surface area contributed by atoms with Crippen LogP contribution in [0.5, 0.6) is 17.2 Å². The number of fused-ring (bicyclic) bond motifs is 1. The summed E-state index contributed by atoms with van der Waals surface area (Å²) in [6.45, 7) is 0.215. The number of methoxy groups -OCH3 is 1. The summed E-state index contributed by atoms with van der Waals surface area (Å²) in [6.07, 6.45) is 6.30. The van der Waals surface area contributed by atoms with Gasteiger partial charge in [0.15, 0.2) is 11.5 Å². The van der Waals surface area contributed by atoms with Crippen molar-refractivity contribution in [3.63, 3.8) is 0 Å². The first kappa shape index (κ1) is 12.5. The Bertz CT molecular complexity index is 520. The van der Waals surface area contributed by atoms with Gasteiger partial charge in [0.2, 0.25) is 12.0 Å². The van der Waals surface area contributed by atoms with Crippen LogP contribution < -0.4 is 14.2 Å². The highest BCUT2D eigenvalue weighted by molar-refractivity contribution is 6.66. The van der Waals surface area contributed by atoms with E-state index >= 15 is 0 Å². The van der Waals surface area contributed by atoms with Crippen LogP contribution in [0.15, 0.2) is 30.4 Å². The number of rotatable bonds is 4. The highest BCUT2D eigenvalue weighted by Gasteiger charge is 2.16. The van der Waals surface area contributed by atoms with E-state index in [0.29, 0.717) is 17.2 Å². The van der Waals surface area contributed by atoms with E-state index in [1.807, 2.05) is 6.07 Å². The molecule has 4 nitrogen and oxygen atoms in total. The second-order valence-electron chi connectivity index (χ2n) is 3.47. The van der Waals surface area contributed by atoms with E-state index in [-0.39, 0.29) is 6.79 Å². The summed E-state index contributed by atoms with van der Waals surface area (Å²) in [5, 5.41) is -0.516. The number of halogens is 1. The second-order valence-corrected chi connectivity index (χ2v) is 3.84. The highest BCUT2D eigenvalue weighted by Crippen LogP contribution is 2.38. The summed E-state index contributed by atoms with van der Waals surface area (Å²) in [5.74, 6) is 2.00. The van der Waals surface area contributed by atoms with E-state index in [2.05, 4.69) is 0 Å². The fourth-order valence-corrected chi connectivity index (χ4v) is 1.61. The molecule has 5 heteroatoms. The molecule has 1 aliphatic rings. The molecule has 18 heavy (non-hydrogen) atoms. The lowest BCUT2D eigenvalue weighted by Gasteiger charge is -2.06. The zero-order valence-electron chi connectivity index (χ0n) is 9.68. The van der Waals surface area contributed by atoms with Gasteiger partial charge in [0.1, 0.15) is 5.75 Å². The lowest BCUT2D eigenvalue weighted by molar-refractivity contribution is -0.107. The molecule has 0 saturated carbocycles. The van der Waals surface area contributed by atoms with Crippen LogP contribution in [-0.2, 0) is 4.79 Å². The van der Waals surface area contributed by atoms with Crippen LogP contribution in [0.25, 0.3) is 6.08 Å². The molecule has 0 unspecified atom stereocenters. The number of allylic oxidation sites excluding steroid dienone is 3. The van der Waals surface area contributed by atoms with Crippen LogP contribution in [-0.4, -0.2) is 19.1 Å². The molecule has 1 heterocycles. The molecule has 0 aromatic heterocycles. The minimum Gasteiger partial charge on any atom is -0.496 e. The van der Waals surface area contributed by atoms with Crippen LogP contribution in [0, 0.1) is 0 Å². The zero-order chi connectivity index (χ0) is 13.0. The first-order valence-electron chi connectivity index (χ1n) is 5.22. The monoisotopic (exact) mass is 266 g/mol. The Morgan fingerprint density at radius 1 is 1.33 bits per heavy atom. The van der Waals surface area contributed by atoms with Crippen molar-refractivity contribution in [1.29, 1.82) is 0 Å². The fraction of sp³-hybridized carbons (Fsp3) is 0.154. The van der Waals surface area contributed by atoms with Crippen molar-refractivity contribution >= 4 is 22.9 Å². The van der Waals surface area contributed by atoms with Gasteiger partial charge >= 0.3 is 0 Å². The number of ether oxygens (including phenoxy) is 3. The van der Waals surface area contributed by atoms with Crippen molar-refractivity contribution in [2.45, 2.75) is 0 Å². The van der Waals surface area contributed by atoms with Crippen molar-refractivity contribution in [2.75, 3.05) is 13.9 Å². The Balaban J connectivity index is 2.24. The first-order valence-corrected chi connectivity index (χ1v) is 5.60. The topological polar surface area (TPSA) is 44.8 Å². The van der Waals surface area contributed by atoms with E-state index in [0.717, 1.165) is 5.56 Å². The van der Waals surface area contributed by atoms with Crippen LogP contribution in [0.1, 0.15) is 5.56 Å². The summed E-state index contributed by atoms with van der Waals surface area (Å²) in [7, 11) is 1.58. The summed E-state index contributed by atoms with van der Waals surface area (Å²) in [6, 6.07) is 3.58. The van der Waals surface area contributed by atoms with E-state index < -0.39 is 5.24 Å². The average molecular weight is 267 g/mol. The molecule has 0 saturated heterocycles. The van der Waals surface area contributed by atoms with Gasteiger partial charge in [0.05, 0.1) is 7.11 Å². The molecular weight excluding hydrogens is 256 g/mol. The Kier molecular flexibility index (Phi) is 3.89. The van der Waals surface area contributed by atoms with Gasteiger partial charge in [0.25, 0.3) is 0 Å². The van der Waals surface area contributed by atoms with Crippen LogP contribution in [0.3, 0.4) is 0 Å². The highest BCUT2D eigenvalue weighted by atomic mass is 35.5. The zero-order valence-corrected chi connectivity index (χ0v) is 10.4. The Labute approximate surface area is 109 Å². The number of benzene rings is 1. The maximum absolute atomic E-state index is 10.5. The molecule has 0 aliphatic carbocycles. The van der Waals surface area contributed by atoms with Crippen molar-refractivity contribution in [3.05, 3.63) is 35.9 Å². The molecule has 1 aromatic rings. The minimum atomic E-state index is -0.516. The Morgan fingerprint density at radius 2 is 2.06 bits per heavy atom. The summed E-state index contributed by atoms with van der Waals surface area (Å²) < 4.78 is 15.8. The van der Waals surface area contributed by atoms with Gasteiger partial charge in [-0.2, -0.15) is 0 Å². The third kappa shape index (κ3) is 2.84. The predicted octanol–water partition coefficient (Wildman–Crippen LogP) is 2.76. The summed E-state index contributed by atoms with van der Waals surface area (Å²) in [4.78, 5) is 10.5. The largest absolute Gasteiger partial charge is 0.496 e. The molecule has 2 rings (SSSR count). The molecule has 0 radical (unpaired) electrons. The molecular formula is C13H11ClO4. The maximum atomic E-state index is 10.5. The van der Waals surface area contributed by atoms with Crippen LogP contribution in [0.4, 0.5) is 0 Å². The standard InChI is InChI=1S/C13H11ClO4/c1-16-10-7-12-11(17-8-18-12)6-9(10)4-2-3-5-13(14)15/h2-7H,8H2,1H3. The Hall–Kier alpha value is -1.94. The van der Waals surface area contributed by atoms with Gasteiger partial charge in [0, 0.05) is 11.6 Å². The molecule has 0 atom stereocenters. The van der Waals surface area contributed by atoms with Gasteiger partial charge in [-0.05, 0) is 23.7 Å². The van der Waals surface area contributed by atoms with Gasteiger partial charge in [-0.1, -0.05) is 18.2 Å². The number of hydrogen-bond acceptors (Lipinski definition) is 4. The van der Waals surface area contributed by atoms with Gasteiger partial charge in [-0.3, -0.25) is 4.79 Å². The quantitative estimate of drug-likeness (QED) is 0.478. The van der Waals surface area contributed by atoms with E-state index in [4.69, 9.17) is 25.8 Å². The first-order chi connectivity index (χ1) is 8.70. The second kappa shape index (κ2) is 5.60. The molecule has 1 aromatic carbocycles. The molecule has 0 spiro atoms.